The molecule has 0 aliphatic carbocycles. The molecule has 106 valence electrons. The Balaban J connectivity index is 2.29. The molecule has 1 N–H and O–H groups in total. The highest BCUT2D eigenvalue weighted by Crippen LogP contribution is 2.28. The molecule has 1 unspecified atom stereocenters. The molecule has 1 atom stereocenters. The molecule has 0 bridgehead atoms. The van der Waals surface area contributed by atoms with Gasteiger partial charge in [-0.1, -0.05) is 73.1 Å². The summed E-state index contributed by atoms with van der Waals surface area (Å²) in [6, 6.07) is 14.2. The summed E-state index contributed by atoms with van der Waals surface area (Å²) in [6.07, 6.45) is -0.573. The second-order valence-electron chi connectivity index (χ2n) is 6.28. The van der Waals surface area contributed by atoms with Crippen LogP contribution in [0, 0.1) is 6.92 Å². The van der Waals surface area contributed by atoms with Crippen molar-refractivity contribution in [3.63, 3.8) is 0 Å². The van der Waals surface area contributed by atoms with E-state index < -0.39 is 6.10 Å². The van der Waals surface area contributed by atoms with Gasteiger partial charge in [0.15, 0.2) is 0 Å². The van der Waals surface area contributed by atoms with Gasteiger partial charge in [-0.25, -0.2) is 0 Å². The first-order valence-corrected chi connectivity index (χ1v) is 7.63. The molecule has 0 heterocycles. The second kappa shape index (κ2) is 5.71. The average molecular weight is 333 g/mol. The summed E-state index contributed by atoms with van der Waals surface area (Å²) in [5, 5.41) is 10.5. The van der Waals surface area contributed by atoms with Gasteiger partial charge in [0.05, 0.1) is 0 Å². The van der Waals surface area contributed by atoms with Crippen molar-refractivity contribution in [2.75, 3.05) is 0 Å². The highest BCUT2D eigenvalue weighted by Gasteiger charge is 2.15. The van der Waals surface area contributed by atoms with Crippen LogP contribution in [0.3, 0.4) is 0 Å². The lowest BCUT2D eigenvalue weighted by Crippen LogP contribution is -2.11. The highest BCUT2D eigenvalue weighted by molar-refractivity contribution is 9.10. The molecule has 0 saturated heterocycles. The van der Waals surface area contributed by atoms with Gasteiger partial charge in [-0.15, -0.1) is 0 Å². The van der Waals surface area contributed by atoms with Crippen molar-refractivity contribution in [3.8, 4) is 0 Å². The fourth-order valence-corrected chi connectivity index (χ4v) is 2.44. The van der Waals surface area contributed by atoms with E-state index in [0.717, 1.165) is 21.2 Å². The molecule has 1 nitrogen and oxygen atoms in total. The predicted molar refractivity (Wildman–Crippen MR) is 88.1 cm³/mol. The molecule has 0 amide bonds. The Labute approximate surface area is 129 Å². The van der Waals surface area contributed by atoms with E-state index in [1.165, 1.54) is 5.56 Å². The molecule has 2 heteroatoms. The van der Waals surface area contributed by atoms with Gasteiger partial charge in [0.25, 0.3) is 0 Å². The lowest BCUT2D eigenvalue weighted by Gasteiger charge is -2.20. The van der Waals surface area contributed by atoms with E-state index in [1.807, 2.05) is 37.3 Å². The van der Waals surface area contributed by atoms with Crippen molar-refractivity contribution in [2.45, 2.75) is 39.2 Å². The first-order valence-electron chi connectivity index (χ1n) is 6.83. The van der Waals surface area contributed by atoms with E-state index in [9.17, 15) is 5.11 Å². The third kappa shape index (κ3) is 3.31. The molecule has 0 saturated carbocycles. The first-order chi connectivity index (χ1) is 9.29. The van der Waals surface area contributed by atoms with Crippen LogP contribution >= 0.6 is 15.9 Å². The predicted octanol–water partition coefficient (Wildman–Crippen LogP) is 5.14. The first kappa shape index (κ1) is 15.3. The molecule has 0 spiro atoms. The van der Waals surface area contributed by atoms with Crippen LogP contribution in [0.15, 0.2) is 46.9 Å². The maximum atomic E-state index is 10.5. The van der Waals surface area contributed by atoms with Crippen LogP contribution in [0.2, 0.25) is 0 Å². The van der Waals surface area contributed by atoms with Gasteiger partial charge < -0.3 is 5.11 Å². The molecule has 20 heavy (non-hydrogen) atoms. The van der Waals surface area contributed by atoms with Crippen molar-refractivity contribution in [1.29, 1.82) is 0 Å². The Hall–Kier alpha value is -1.12. The van der Waals surface area contributed by atoms with Crippen LogP contribution in [-0.2, 0) is 5.41 Å². The fraction of sp³-hybridized carbons (Fsp3) is 0.333. The number of halogens is 1. The maximum absolute atomic E-state index is 10.5. The van der Waals surface area contributed by atoms with Crippen LogP contribution in [0.25, 0.3) is 0 Å². The van der Waals surface area contributed by atoms with Crippen LogP contribution in [0.1, 0.15) is 49.1 Å². The topological polar surface area (TPSA) is 20.2 Å². The Bertz CT molecular complexity index is 594. The third-order valence-corrected chi connectivity index (χ3v) is 4.48. The minimum atomic E-state index is -0.573. The minimum Gasteiger partial charge on any atom is -0.384 e. The van der Waals surface area contributed by atoms with Crippen LogP contribution in [-0.4, -0.2) is 5.11 Å². The molecule has 0 aliphatic heterocycles. The van der Waals surface area contributed by atoms with Crippen LogP contribution in [0.4, 0.5) is 0 Å². The van der Waals surface area contributed by atoms with Gasteiger partial charge in [0, 0.05) is 4.47 Å². The van der Waals surface area contributed by atoms with E-state index in [0.29, 0.717) is 0 Å². The fourth-order valence-electron chi connectivity index (χ4n) is 2.20. The van der Waals surface area contributed by atoms with Gasteiger partial charge in [-0.2, -0.15) is 0 Å². The van der Waals surface area contributed by atoms with Gasteiger partial charge in [-0.05, 0) is 40.7 Å². The smallest absolute Gasteiger partial charge is 0.104 e. The number of aliphatic hydroxyl groups is 1. The van der Waals surface area contributed by atoms with Crippen molar-refractivity contribution < 1.29 is 5.11 Å². The van der Waals surface area contributed by atoms with Crippen LogP contribution in [0.5, 0.6) is 0 Å². The number of aliphatic hydroxyl groups excluding tert-OH is 1. The molecule has 0 radical (unpaired) electrons. The number of rotatable bonds is 2. The van der Waals surface area contributed by atoms with Gasteiger partial charge in [0.1, 0.15) is 6.10 Å². The Morgan fingerprint density at radius 3 is 2.00 bits per heavy atom. The quantitative estimate of drug-likeness (QED) is 0.807. The van der Waals surface area contributed by atoms with E-state index in [4.69, 9.17) is 0 Å². The normalized spacial score (nSPS) is 13.3. The van der Waals surface area contributed by atoms with Crippen molar-refractivity contribution in [1.82, 2.24) is 0 Å². The summed E-state index contributed by atoms with van der Waals surface area (Å²) in [6.45, 7) is 8.60. The summed E-state index contributed by atoms with van der Waals surface area (Å²) in [5.74, 6) is 0. The Morgan fingerprint density at radius 1 is 0.950 bits per heavy atom. The molecule has 0 aliphatic rings. The zero-order valence-electron chi connectivity index (χ0n) is 12.4. The molecule has 0 fully saturated rings. The van der Waals surface area contributed by atoms with Crippen molar-refractivity contribution in [3.05, 3.63) is 69.2 Å². The zero-order valence-corrected chi connectivity index (χ0v) is 14.0. The van der Waals surface area contributed by atoms with Gasteiger partial charge >= 0.3 is 0 Å². The molecular formula is C18H21BrO. The molecular weight excluding hydrogens is 312 g/mol. The SMILES string of the molecule is Cc1cc(C(O)c2ccc(C(C)(C)C)cc2)ccc1Br. The lowest BCUT2D eigenvalue weighted by atomic mass is 9.86. The molecule has 2 rings (SSSR count). The average Bonchev–Trinajstić information content (AvgIpc) is 2.40. The summed E-state index contributed by atoms with van der Waals surface area (Å²) in [4.78, 5) is 0. The number of aryl methyl sites for hydroxylation is 1. The van der Waals surface area contributed by atoms with Gasteiger partial charge in [-0.3, -0.25) is 0 Å². The van der Waals surface area contributed by atoms with Crippen molar-refractivity contribution >= 4 is 15.9 Å². The molecule has 2 aromatic rings. The van der Waals surface area contributed by atoms with Crippen molar-refractivity contribution in [2.24, 2.45) is 0 Å². The van der Waals surface area contributed by atoms with Crippen LogP contribution < -0.4 is 0 Å². The Kier molecular flexibility index (Phi) is 4.36. The third-order valence-electron chi connectivity index (χ3n) is 3.59. The molecule has 2 aromatic carbocycles. The lowest BCUT2D eigenvalue weighted by molar-refractivity contribution is 0.220. The number of hydrogen-bond acceptors (Lipinski definition) is 1. The highest BCUT2D eigenvalue weighted by atomic mass is 79.9. The van der Waals surface area contributed by atoms with E-state index in [1.54, 1.807) is 0 Å². The minimum absolute atomic E-state index is 0.137. The van der Waals surface area contributed by atoms with E-state index in [2.05, 4.69) is 48.8 Å². The van der Waals surface area contributed by atoms with Gasteiger partial charge in [0.2, 0.25) is 0 Å². The summed E-state index contributed by atoms with van der Waals surface area (Å²) in [5.41, 5.74) is 4.40. The maximum Gasteiger partial charge on any atom is 0.104 e. The summed E-state index contributed by atoms with van der Waals surface area (Å²) in [7, 11) is 0. The summed E-state index contributed by atoms with van der Waals surface area (Å²) < 4.78 is 1.07. The van der Waals surface area contributed by atoms with E-state index >= 15 is 0 Å². The monoisotopic (exact) mass is 332 g/mol. The number of benzene rings is 2. The van der Waals surface area contributed by atoms with E-state index in [-0.39, 0.29) is 5.41 Å². The largest absolute Gasteiger partial charge is 0.384 e. The zero-order chi connectivity index (χ0) is 14.9. The molecule has 0 aromatic heterocycles. The summed E-state index contributed by atoms with van der Waals surface area (Å²) >= 11 is 3.48. The standard InChI is InChI=1S/C18H21BrO/c1-12-11-14(7-10-16(12)19)17(20)13-5-8-15(9-6-13)18(2,3)4/h5-11,17,20H,1-4H3. The number of hydrogen-bond donors (Lipinski definition) is 1. The Morgan fingerprint density at radius 2 is 1.50 bits per heavy atom. The second-order valence-corrected chi connectivity index (χ2v) is 7.14.